The maximum atomic E-state index is 13.1. The van der Waals surface area contributed by atoms with Crippen LogP contribution in [0.3, 0.4) is 0 Å². The van der Waals surface area contributed by atoms with Crippen LogP contribution in [0, 0.1) is 5.82 Å². The molecule has 1 atom stereocenters. The Hall–Kier alpha value is -0.640. The van der Waals surface area contributed by atoms with Crippen molar-refractivity contribution in [1.29, 1.82) is 0 Å². The molecule has 0 spiro atoms. The summed E-state index contributed by atoms with van der Waals surface area (Å²) in [4.78, 5) is 0. The summed E-state index contributed by atoms with van der Waals surface area (Å²) >= 11 is 5.70. The highest BCUT2D eigenvalue weighted by Crippen LogP contribution is 2.19. The molecule has 2 N–H and O–H groups in total. The third kappa shape index (κ3) is 2.66. The zero-order valence-electron chi connectivity index (χ0n) is 7.26. The van der Waals surface area contributed by atoms with Gasteiger partial charge in [0.05, 0.1) is 12.6 Å². The Morgan fingerprint density at radius 2 is 2.31 bits per heavy atom. The van der Waals surface area contributed by atoms with Crippen LogP contribution < -0.4 is 5.73 Å². The summed E-state index contributed by atoms with van der Waals surface area (Å²) in [7, 11) is 1.52. The highest BCUT2D eigenvalue weighted by molar-refractivity contribution is 6.30. The minimum absolute atomic E-state index is 0.275. The second kappa shape index (κ2) is 4.56. The van der Waals surface area contributed by atoms with E-state index in [9.17, 15) is 4.39 Å². The number of hydrogen-bond acceptors (Lipinski definition) is 2. The smallest absolute Gasteiger partial charge is 0.128 e. The van der Waals surface area contributed by atoms with Crippen molar-refractivity contribution >= 4 is 11.6 Å². The molecule has 0 fully saturated rings. The number of ether oxygens (including phenoxy) is 1. The molecule has 1 rings (SSSR count). The van der Waals surface area contributed by atoms with Crippen molar-refractivity contribution in [3.63, 3.8) is 0 Å². The molecule has 0 aliphatic heterocycles. The minimum Gasteiger partial charge on any atom is -0.383 e. The second-order valence-electron chi connectivity index (χ2n) is 2.73. The van der Waals surface area contributed by atoms with Crippen LogP contribution in [0.5, 0.6) is 0 Å². The lowest BCUT2D eigenvalue weighted by Gasteiger charge is -2.11. The Kier molecular flexibility index (Phi) is 3.66. The molecule has 0 bridgehead atoms. The molecule has 0 aliphatic rings. The van der Waals surface area contributed by atoms with Crippen LogP contribution in [-0.2, 0) is 4.74 Å². The number of nitrogens with two attached hydrogens (primary N) is 1. The minimum atomic E-state index is -0.469. The SMILES string of the molecule is COC[C@@H](N)c1cc(Cl)ccc1F. The van der Waals surface area contributed by atoms with E-state index in [0.29, 0.717) is 10.6 Å². The van der Waals surface area contributed by atoms with Crippen molar-refractivity contribution in [1.82, 2.24) is 0 Å². The predicted molar refractivity (Wildman–Crippen MR) is 50.2 cm³/mol. The summed E-state index contributed by atoms with van der Waals surface area (Å²) < 4.78 is 18.0. The van der Waals surface area contributed by atoms with Crippen molar-refractivity contribution in [2.45, 2.75) is 6.04 Å². The molecule has 72 valence electrons. The van der Waals surface area contributed by atoms with Crippen LogP contribution in [-0.4, -0.2) is 13.7 Å². The number of halogens is 2. The fourth-order valence-corrected chi connectivity index (χ4v) is 1.25. The molecule has 0 aromatic heterocycles. The Balaban J connectivity index is 2.91. The fourth-order valence-electron chi connectivity index (χ4n) is 1.07. The summed E-state index contributed by atoms with van der Waals surface area (Å²) in [6.45, 7) is 0.275. The summed E-state index contributed by atoms with van der Waals surface area (Å²) in [6, 6.07) is 3.83. The van der Waals surface area contributed by atoms with Crippen LogP contribution >= 0.6 is 11.6 Å². The maximum Gasteiger partial charge on any atom is 0.128 e. The largest absolute Gasteiger partial charge is 0.383 e. The van der Waals surface area contributed by atoms with E-state index in [4.69, 9.17) is 22.1 Å². The topological polar surface area (TPSA) is 35.2 Å². The van der Waals surface area contributed by atoms with Crippen molar-refractivity contribution in [3.05, 3.63) is 34.6 Å². The van der Waals surface area contributed by atoms with Gasteiger partial charge in [0.15, 0.2) is 0 Å². The van der Waals surface area contributed by atoms with E-state index in [0.717, 1.165) is 0 Å². The Morgan fingerprint density at radius 3 is 2.92 bits per heavy atom. The summed E-state index contributed by atoms with van der Waals surface area (Å²) in [5, 5.41) is 0.475. The Labute approximate surface area is 81.4 Å². The fraction of sp³-hybridized carbons (Fsp3) is 0.333. The van der Waals surface area contributed by atoms with Gasteiger partial charge in [-0.2, -0.15) is 0 Å². The number of benzene rings is 1. The van der Waals surface area contributed by atoms with Crippen LogP contribution in [0.1, 0.15) is 11.6 Å². The molecular formula is C9H11ClFNO. The van der Waals surface area contributed by atoms with Gasteiger partial charge in [-0.1, -0.05) is 11.6 Å². The Morgan fingerprint density at radius 1 is 1.62 bits per heavy atom. The molecule has 0 aliphatic carbocycles. The summed E-state index contributed by atoms with van der Waals surface area (Å²) in [6.07, 6.45) is 0. The molecule has 13 heavy (non-hydrogen) atoms. The first-order valence-electron chi connectivity index (χ1n) is 3.84. The van der Waals surface area contributed by atoms with Crippen molar-refractivity contribution < 1.29 is 9.13 Å². The van der Waals surface area contributed by atoms with E-state index in [1.807, 2.05) is 0 Å². The van der Waals surface area contributed by atoms with E-state index in [1.54, 1.807) is 0 Å². The summed E-state index contributed by atoms with van der Waals surface area (Å²) in [5.74, 6) is -0.353. The van der Waals surface area contributed by atoms with E-state index >= 15 is 0 Å². The van der Waals surface area contributed by atoms with Gasteiger partial charge in [-0.25, -0.2) is 4.39 Å². The number of methoxy groups -OCH3 is 1. The molecular weight excluding hydrogens is 193 g/mol. The van der Waals surface area contributed by atoms with E-state index in [-0.39, 0.29) is 12.4 Å². The zero-order valence-corrected chi connectivity index (χ0v) is 8.01. The lowest BCUT2D eigenvalue weighted by Crippen LogP contribution is -2.17. The van der Waals surface area contributed by atoms with Gasteiger partial charge >= 0.3 is 0 Å². The van der Waals surface area contributed by atoms with Gasteiger partial charge in [-0.3, -0.25) is 0 Å². The van der Waals surface area contributed by atoms with Gasteiger partial charge in [-0.15, -0.1) is 0 Å². The first-order chi connectivity index (χ1) is 6.15. The molecule has 0 saturated heterocycles. The molecule has 0 heterocycles. The first-order valence-corrected chi connectivity index (χ1v) is 4.22. The molecule has 0 radical (unpaired) electrons. The van der Waals surface area contributed by atoms with E-state index in [1.165, 1.54) is 25.3 Å². The van der Waals surface area contributed by atoms with Gasteiger partial charge in [0.1, 0.15) is 5.82 Å². The normalized spacial score (nSPS) is 12.9. The zero-order chi connectivity index (χ0) is 9.84. The average molecular weight is 204 g/mol. The number of rotatable bonds is 3. The monoisotopic (exact) mass is 203 g/mol. The molecule has 4 heteroatoms. The third-order valence-corrected chi connectivity index (χ3v) is 1.94. The Bertz CT molecular complexity index is 293. The average Bonchev–Trinajstić information content (AvgIpc) is 2.09. The van der Waals surface area contributed by atoms with Crippen molar-refractivity contribution in [2.24, 2.45) is 5.73 Å². The quantitative estimate of drug-likeness (QED) is 0.817. The molecule has 0 saturated carbocycles. The number of hydrogen-bond donors (Lipinski definition) is 1. The van der Waals surface area contributed by atoms with Gasteiger partial charge in [0.25, 0.3) is 0 Å². The van der Waals surface area contributed by atoms with Crippen molar-refractivity contribution in [3.8, 4) is 0 Å². The van der Waals surface area contributed by atoms with E-state index < -0.39 is 6.04 Å². The first kappa shape index (κ1) is 10.4. The molecule has 1 aromatic rings. The van der Waals surface area contributed by atoms with Gasteiger partial charge in [-0.05, 0) is 18.2 Å². The van der Waals surface area contributed by atoms with Crippen LogP contribution in [0.25, 0.3) is 0 Å². The lowest BCUT2D eigenvalue weighted by atomic mass is 10.1. The highest BCUT2D eigenvalue weighted by atomic mass is 35.5. The van der Waals surface area contributed by atoms with Crippen LogP contribution in [0.2, 0.25) is 5.02 Å². The van der Waals surface area contributed by atoms with Gasteiger partial charge < -0.3 is 10.5 Å². The molecule has 0 amide bonds. The second-order valence-corrected chi connectivity index (χ2v) is 3.16. The van der Waals surface area contributed by atoms with E-state index in [2.05, 4.69) is 0 Å². The highest BCUT2D eigenvalue weighted by Gasteiger charge is 2.11. The van der Waals surface area contributed by atoms with Gasteiger partial charge in [0.2, 0.25) is 0 Å². The molecule has 0 unspecified atom stereocenters. The standard InChI is InChI=1S/C9H11ClFNO/c1-13-5-9(12)7-4-6(10)2-3-8(7)11/h2-4,9H,5,12H2,1H3/t9-/m1/s1. The van der Waals surface area contributed by atoms with Gasteiger partial charge in [0, 0.05) is 17.7 Å². The molecule has 1 aromatic carbocycles. The third-order valence-electron chi connectivity index (χ3n) is 1.70. The maximum absolute atomic E-state index is 13.1. The van der Waals surface area contributed by atoms with Crippen LogP contribution in [0.15, 0.2) is 18.2 Å². The van der Waals surface area contributed by atoms with Crippen LogP contribution in [0.4, 0.5) is 4.39 Å². The summed E-state index contributed by atoms with van der Waals surface area (Å²) in [5.41, 5.74) is 6.04. The lowest BCUT2D eigenvalue weighted by molar-refractivity contribution is 0.179. The predicted octanol–water partition coefficient (Wildman–Crippen LogP) is 2.13. The van der Waals surface area contributed by atoms with Crippen molar-refractivity contribution in [2.75, 3.05) is 13.7 Å². The molecule has 2 nitrogen and oxygen atoms in total.